The number of aliphatic carboxylic acids is 1. The average Bonchev–Trinajstić information content (AvgIpc) is 2.81. The van der Waals surface area contributed by atoms with Crippen LogP contribution in [0.4, 0.5) is 0 Å². The van der Waals surface area contributed by atoms with E-state index in [9.17, 15) is 9.59 Å². The maximum Gasteiger partial charge on any atom is 0.326 e. The first-order valence-corrected chi connectivity index (χ1v) is 5.80. The van der Waals surface area contributed by atoms with Gasteiger partial charge in [-0.3, -0.25) is 4.79 Å². The van der Waals surface area contributed by atoms with E-state index in [-0.39, 0.29) is 6.42 Å². The molecule has 0 aliphatic carbocycles. The summed E-state index contributed by atoms with van der Waals surface area (Å²) < 4.78 is 0. The molecule has 0 bridgehead atoms. The minimum absolute atomic E-state index is 0.153. The van der Waals surface area contributed by atoms with Gasteiger partial charge in [-0.15, -0.1) is 0 Å². The van der Waals surface area contributed by atoms with Crippen molar-refractivity contribution in [3.8, 4) is 0 Å². The summed E-state index contributed by atoms with van der Waals surface area (Å²) in [5, 5.41) is 11.5. The summed E-state index contributed by atoms with van der Waals surface area (Å²) in [5.74, 6) is -1.54. The number of imidazole rings is 1. The van der Waals surface area contributed by atoms with Crippen molar-refractivity contribution in [1.29, 1.82) is 0 Å². The van der Waals surface area contributed by atoms with Gasteiger partial charge >= 0.3 is 5.97 Å². The summed E-state index contributed by atoms with van der Waals surface area (Å²) in [4.78, 5) is 29.3. The average molecular weight is 254 g/mol. The van der Waals surface area contributed by atoms with E-state index in [0.29, 0.717) is 12.1 Å². The smallest absolute Gasteiger partial charge is 0.326 e. The van der Waals surface area contributed by atoms with Gasteiger partial charge in [0.05, 0.1) is 12.4 Å². The number of aromatic nitrogens is 2. The molecule has 1 heterocycles. The molecule has 0 saturated carbocycles. The molecule has 0 radical (unpaired) electrons. The molecule has 0 aliphatic rings. The van der Waals surface area contributed by atoms with E-state index in [1.807, 2.05) is 6.92 Å². The van der Waals surface area contributed by atoms with Crippen molar-refractivity contribution in [3.63, 3.8) is 0 Å². The van der Waals surface area contributed by atoms with Crippen LogP contribution >= 0.6 is 0 Å². The van der Waals surface area contributed by atoms with Crippen LogP contribution in [0.2, 0.25) is 0 Å². The Morgan fingerprint density at radius 2 is 2.33 bits per heavy atom. The van der Waals surface area contributed by atoms with Gasteiger partial charge in [0.25, 0.3) is 0 Å². The first-order chi connectivity index (χ1) is 8.54. The molecule has 1 aromatic rings. The van der Waals surface area contributed by atoms with Crippen molar-refractivity contribution in [3.05, 3.63) is 18.2 Å². The van der Waals surface area contributed by atoms with E-state index >= 15 is 0 Å². The maximum atomic E-state index is 11.7. The Hall–Kier alpha value is -1.89. The van der Waals surface area contributed by atoms with E-state index in [1.165, 1.54) is 12.5 Å². The van der Waals surface area contributed by atoms with E-state index in [1.54, 1.807) is 0 Å². The number of H-pyrrole nitrogens is 1. The Labute approximate surface area is 105 Å². The molecule has 18 heavy (non-hydrogen) atoms. The molecule has 7 nitrogen and oxygen atoms in total. The van der Waals surface area contributed by atoms with E-state index in [2.05, 4.69) is 15.3 Å². The number of aromatic amines is 1. The second kappa shape index (κ2) is 6.75. The third kappa shape index (κ3) is 4.17. The maximum absolute atomic E-state index is 11.7. The number of rotatable bonds is 7. The lowest BCUT2D eigenvalue weighted by Gasteiger charge is -2.16. The topological polar surface area (TPSA) is 121 Å². The van der Waals surface area contributed by atoms with Crippen LogP contribution < -0.4 is 11.1 Å². The van der Waals surface area contributed by atoms with Crippen molar-refractivity contribution < 1.29 is 14.7 Å². The van der Waals surface area contributed by atoms with E-state index in [0.717, 1.165) is 6.42 Å². The standard InChI is InChI=1S/C11H18N4O3/c1-2-3-8(12)10(16)15-9(11(17)18)4-7-5-13-6-14-7/h5-6,8-9H,2-4,12H2,1H3,(H,13,14)(H,15,16)(H,17,18)/t8?,9-/m0/s1. The number of nitrogens with zero attached hydrogens (tertiary/aromatic N) is 1. The minimum Gasteiger partial charge on any atom is -0.480 e. The van der Waals surface area contributed by atoms with Gasteiger partial charge in [-0.1, -0.05) is 13.3 Å². The molecule has 0 spiro atoms. The van der Waals surface area contributed by atoms with Gasteiger partial charge in [0.15, 0.2) is 0 Å². The first kappa shape index (κ1) is 14.2. The molecular formula is C11H18N4O3. The second-order valence-corrected chi connectivity index (χ2v) is 4.08. The highest BCUT2D eigenvalue weighted by Crippen LogP contribution is 2.00. The third-order valence-corrected chi connectivity index (χ3v) is 2.53. The molecule has 2 atom stereocenters. The monoisotopic (exact) mass is 254 g/mol. The largest absolute Gasteiger partial charge is 0.480 e. The molecule has 0 fully saturated rings. The lowest BCUT2D eigenvalue weighted by Crippen LogP contribution is -2.49. The van der Waals surface area contributed by atoms with Crippen LogP contribution in [0.5, 0.6) is 0 Å². The Balaban J connectivity index is 2.58. The number of amides is 1. The number of carboxylic acids is 1. The number of carbonyl (C=O) groups excluding carboxylic acids is 1. The van der Waals surface area contributed by atoms with Crippen LogP contribution in [0.3, 0.4) is 0 Å². The molecular weight excluding hydrogens is 236 g/mol. The predicted octanol–water partition coefficient (Wildman–Crippen LogP) is -0.351. The lowest BCUT2D eigenvalue weighted by molar-refractivity contribution is -0.142. The van der Waals surface area contributed by atoms with E-state index in [4.69, 9.17) is 10.8 Å². The quantitative estimate of drug-likeness (QED) is 0.530. The number of hydrogen-bond donors (Lipinski definition) is 4. The van der Waals surface area contributed by atoms with Crippen molar-refractivity contribution in [1.82, 2.24) is 15.3 Å². The predicted molar refractivity (Wildman–Crippen MR) is 64.7 cm³/mol. The number of nitrogens with one attached hydrogen (secondary N) is 2. The van der Waals surface area contributed by atoms with Crippen molar-refractivity contribution in [2.24, 2.45) is 5.73 Å². The van der Waals surface area contributed by atoms with E-state index < -0.39 is 24.0 Å². The van der Waals surface area contributed by atoms with Crippen LogP contribution in [0.25, 0.3) is 0 Å². The summed E-state index contributed by atoms with van der Waals surface area (Å²) in [6.07, 6.45) is 4.43. The van der Waals surface area contributed by atoms with Crippen molar-refractivity contribution >= 4 is 11.9 Å². The van der Waals surface area contributed by atoms with Gasteiger partial charge < -0.3 is 21.1 Å². The number of carbonyl (C=O) groups is 2. The Bertz CT molecular complexity index is 391. The van der Waals surface area contributed by atoms with Crippen LogP contribution in [-0.2, 0) is 16.0 Å². The number of hydrogen-bond acceptors (Lipinski definition) is 4. The molecule has 0 aliphatic heterocycles. The van der Waals surface area contributed by atoms with Crippen LogP contribution in [0, 0.1) is 0 Å². The van der Waals surface area contributed by atoms with Gasteiger partial charge in [-0.2, -0.15) is 0 Å². The first-order valence-electron chi connectivity index (χ1n) is 5.80. The molecule has 1 amide bonds. The Morgan fingerprint density at radius 1 is 1.61 bits per heavy atom. The third-order valence-electron chi connectivity index (χ3n) is 2.53. The molecule has 0 saturated heterocycles. The minimum atomic E-state index is -1.10. The van der Waals surface area contributed by atoms with Crippen LogP contribution in [-0.4, -0.2) is 39.0 Å². The van der Waals surface area contributed by atoms with Gasteiger partial charge in [-0.25, -0.2) is 9.78 Å². The highest BCUT2D eigenvalue weighted by atomic mass is 16.4. The summed E-state index contributed by atoms with van der Waals surface area (Å²) in [6, 6.07) is -1.67. The van der Waals surface area contributed by atoms with Gasteiger partial charge in [0, 0.05) is 18.3 Å². The fourth-order valence-electron chi connectivity index (χ4n) is 1.54. The molecule has 0 aromatic carbocycles. The Kier molecular flexibility index (Phi) is 5.31. The fourth-order valence-corrected chi connectivity index (χ4v) is 1.54. The molecule has 1 aromatic heterocycles. The number of carboxylic acid groups (broad SMARTS) is 1. The fraction of sp³-hybridized carbons (Fsp3) is 0.545. The zero-order valence-electron chi connectivity index (χ0n) is 10.2. The Morgan fingerprint density at radius 3 is 2.83 bits per heavy atom. The van der Waals surface area contributed by atoms with Gasteiger partial charge in [-0.05, 0) is 6.42 Å². The summed E-state index contributed by atoms with van der Waals surface area (Å²) >= 11 is 0. The SMILES string of the molecule is CCCC(N)C(=O)N[C@@H](Cc1cnc[nH]1)C(=O)O. The van der Waals surface area contributed by atoms with Crippen molar-refractivity contribution in [2.45, 2.75) is 38.3 Å². The second-order valence-electron chi connectivity index (χ2n) is 4.08. The van der Waals surface area contributed by atoms with Gasteiger partial charge in [0.1, 0.15) is 6.04 Å². The number of nitrogens with two attached hydrogens (primary N) is 1. The summed E-state index contributed by atoms with van der Waals surface area (Å²) in [7, 11) is 0. The zero-order chi connectivity index (χ0) is 13.5. The summed E-state index contributed by atoms with van der Waals surface area (Å²) in [5.41, 5.74) is 6.27. The van der Waals surface area contributed by atoms with Gasteiger partial charge in [0.2, 0.25) is 5.91 Å². The normalized spacial score (nSPS) is 13.9. The highest BCUT2D eigenvalue weighted by Gasteiger charge is 2.23. The van der Waals surface area contributed by atoms with Crippen LogP contribution in [0.15, 0.2) is 12.5 Å². The van der Waals surface area contributed by atoms with Crippen molar-refractivity contribution in [2.75, 3.05) is 0 Å². The zero-order valence-corrected chi connectivity index (χ0v) is 10.2. The molecule has 100 valence electrons. The van der Waals surface area contributed by atoms with Crippen LogP contribution in [0.1, 0.15) is 25.5 Å². The molecule has 1 rings (SSSR count). The highest BCUT2D eigenvalue weighted by molar-refractivity contribution is 5.86. The lowest BCUT2D eigenvalue weighted by atomic mass is 10.1. The molecule has 1 unspecified atom stereocenters. The molecule has 5 N–H and O–H groups in total. The molecule has 7 heteroatoms. The summed E-state index contributed by atoms with van der Waals surface area (Å²) in [6.45, 7) is 1.91.